The molecule has 0 aromatic heterocycles. The highest BCUT2D eigenvalue weighted by molar-refractivity contribution is 9.10. The van der Waals surface area contributed by atoms with Gasteiger partial charge >= 0.3 is 5.97 Å². The molecule has 0 bridgehead atoms. The van der Waals surface area contributed by atoms with Crippen LogP contribution >= 0.6 is 15.9 Å². The van der Waals surface area contributed by atoms with Gasteiger partial charge in [0, 0.05) is 36.2 Å². The molecule has 1 heterocycles. The molecule has 1 aliphatic rings. The normalized spacial score (nSPS) is 14.1. The van der Waals surface area contributed by atoms with Crippen LogP contribution in [0.25, 0.3) is 0 Å². The number of amides is 1. The van der Waals surface area contributed by atoms with Crippen LogP contribution in [0.3, 0.4) is 0 Å². The number of halogens is 1. The first-order chi connectivity index (χ1) is 13.0. The largest absolute Gasteiger partial charge is 0.491 e. The Labute approximate surface area is 166 Å². The van der Waals surface area contributed by atoms with Crippen LogP contribution in [-0.4, -0.2) is 54.7 Å². The van der Waals surface area contributed by atoms with Crippen LogP contribution in [0.4, 0.5) is 5.69 Å². The van der Waals surface area contributed by atoms with Gasteiger partial charge in [-0.1, -0.05) is 28.1 Å². The minimum Gasteiger partial charge on any atom is -0.491 e. The average molecular weight is 433 g/mol. The number of hydrogen-bond donors (Lipinski definition) is 1. The Morgan fingerprint density at radius 1 is 1.00 bits per heavy atom. The Balaban J connectivity index is 1.61. The van der Waals surface area contributed by atoms with Crippen molar-refractivity contribution in [2.45, 2.75) is 6.42 Å². The first-order valence-electron chi connectivity index (χ1n) is 8.78. The van der Waals surface area contributed by atoms with Gasteiger partial charge in [0.2, 0.25) is 0 Å². The number of carboxylic acid groups (broad SMARTS) is 1. The van der Waals surface area contributed by atoms with Crippen molar-refractivity contribution in [2.24, 2.45) is 0 Å². The summed E-state index contributed by atoms with van der Waals surface area (Å²) in [5.41, 5.74) is 1.61. The summed E-state index contributed by atoms with van der Waals surface area (Å²) in [7, 11) is 0. The zero-order chi connectivity index (χ0) is 19.2. The average Bonchev–Trinajstić information content (AvgIpc) is 2.68. The third-order valence-corrected chi connectivity index (χ3v) is 4.97. The zero-order valence-corrected chi connectivity index (χ0v) is 16.4. The van der Waals surface area contributed by atoms with E-state index in [2.05, 4.69) is 20.8 Å². The molecule has 27 heavy (non-hydrogen) atoms. The Hall–Kier alpha value is -2.54. The molecule has 0 unspecified atom stereocenters. The zero-order valence-electron chi connectivity index (χ0n) is 14.8. The van der Waals surface area contributed by atoms with Crippen LogP contribution in [0.2, 0.25) is 0 Å². The Morgan fingerprint density at radius 3 is 2.33 bits per heavy atom. The number of anilines is 1. The maximum atomic E-state index is 12.6. The molecule has 1 N–H and O–H groups in total. The van der Waals surface area contributed by atoms with Gasteiger partial charge in [0.15, 0.2) is 0 Å². The molecular weight excluding hydrogens is 412 g/mol. The smallest absolute Gasteiger partial charge is 0.306 e. The Morgan fingerprint density at radius 2 is 1.67 bits per heavy atom. The second kappa shape index (κ2) is 8.90. The van der Waals surface area contributed by atoms with Crippen molar-refractivity contribution >= 4 is 33.5 Å². The van der Waals surface area contributed by atoms with Gasteiger partial charge in [-0.15, -0.1) is 0 Å². The third kappa shape index (κ3) is 5.01. The van der Waals surface area contributed by atoms with Crippen LogP contribution < -0.4 is 9.64 Å². The molecular formula is C20H21BrN2O4. The fraction of sp³-hybridized carbons (Fsp3) is 0.300. The van der Waals surface area contributed by atoms with E-state index in [-0.39, 0.29) is 18.9 Å². The van der Waals surface area contributed by atoms with Crippen LogP contribution in [-0.2, 0) is 4.79 Å². The highest BCUT2D eigenvalue weighted by Crippen LogP contribution is 2.29. The fourth-order valence-corrected chi connectivity index (χ4v) is 3.28. The molecule has 0 spiro atoms. The molecule has 2 aromatic carbocycles. The molecule has 0 atom stereocenters. The quantitative estimate of drug-likeness (QED) is 0.758. The molecule has 3 rings (SSSR count). The van der Waals surface area contributed by atoms with Crippen molar-refractivity contribution in [1.29, 1.82) is 0 Å². The molecule has 7 heteroatoms. The highest BCUT2D eigenvalue weighted by atomic mass is 79.9. The van der Waals surface area contributed by atoms with Crippen molar-refractivity contribution in [3.63, 3.8) is 0 Å². The summed E-state index contributed by atoms with van der Waals surface area (Å²) in [5.74, 6) is -0.174. The van der Waals surface area contributed by atoms with E-state index in [0.29, 0.717) is 37.5 Å². The molecule has 2 aromatic rings. The van der Waals surface area contributed by atoms with Gasteiger partial charge in [0.25, 0.3) is 5.91 Å². The molecule has 1 fully saturated rings. The lowest BCUT2D eigenvalue weighted by Crippen LogP contribution is -2.48. The lowest BCUT2D eigenvalue weighted by Gasteiger charge is -2.36. The van der Waals surface area contributed by atoms with Crippen molar-refractivity contribution in [3.05, 3.63) is 58.6 Å². The maximum absolute atomic E-state index is 12.6. The first-order valence-corrected chi connectivity index (χ1v) is 9.57. The highest BCUT2D eigenvalue weighted by Gasteiger charge is 2.23. The van der Waals surface area contributed by atoms with Crippen LogP contribution in [0.1, 0.15) is 16.8 Å². The molecule has 1 aliphatic heterocycles. The molecule has 1 amide bonds. The number of carboxylic acids is 1. The van der Waals surface area contributed by atoms with Gasteiger partial charge in [-0.2, -0.15) is 0 Å². The van der Waals surface area contributed by atoms with E-state index >= 15 is 0 Å². The number of aliphatic carboxylic acids is 1. The topological polar surface area (TPSA) is 70.1 Å². The van der Waals surface area contributed by atoms with E-state index in [0.717, 1.165) is 10.2 Å². The summed E-state index contributed by atoms with van der Waals surface area (Å²) in [4.78, 5) is 27.3. The Bertz CT molecular complexity index is 802. The first kappa shape index (κ1) is 19.2. The maximum Gasteiger partial charge on any atom is 0.306 e. The number of carbonyl (C=O) groups excluding carboxylic acids is 1. The number of ether oxygens (including phenoxy) is 1. The Kier molecular flexibility index (Phi) is 6.34. The predicted molar refractivity (Wildman–Crippen MR) is 106 cm³/mol. The van der Waals surface area contributed by atoms with Gasteiger partial charge < -0.3 is 19.6 Å². The number of piperazine rings is 1. The monoisotopic (exact) mass is 432 g/mol. The van der Waals surface area contributed by atoms with Gasteiger partial charge in [-0.3, -0.25) is 9.59 Å². The molecule has 6 nitrogen and oxygen atoms in total. The summed E-state index contributed by atoms with van der Waals surface area (Å²) >= 11 is 3.38. The lowest BCUT2D eigenvalue weighted by atomic mass is 10.1. The van der Waals surface area contributed by atoms with Crippen LogP contribution in [0.5, 0.6) is 5.75 Å². The number of rotatable bonds is 6. The number of benzene rings is 2. The molecule has 0 aliphatic carbocycles. The third-order valence-electron chi connectivity index (χ3n) is 4.44. The van der Waals surface area contributed by atoms with Gasteiger partial charge in [-0.25, -0.2) is 0 Å². The van der Waals surface area contributed by atoms with E-state index in [4.69, 9.17) is 9.84 Å². The van der Waals surface area contributed by atoms with Gasteiger partial charge in [0.1, 0.15) is 5.75 Å². The number of hydrogen-bond acceptors (Lipinski definition) is 4. The molecule has 1 saturated heterocycles. The second-order valence-electron chi connectivity index (χ2n) is 6.25. The summed E-state index contributed by atoms with van der Waals surface area (Å²) in [6, 6.07) is 15.0. The van der Waals surface area contributed by atoms with E-state index in [1.54, 1.807) is 0 Å². The van der Waals surface area contributed by atoms with E-state index in [1.807, 2.05) is 53.4 Å². The van der Waals surface area contributed by atoms with Gasteiger partial charge in [0.05, 0.1) is 18.7 Å². The SMILES string of the molecule is O=C(O)CCOc1ccccc1N1CCN(C(=O)c2ccc(Br)cc2)CC1. The van der Waals surface area contributed by atoms with Crippen molar-refractivity contribution < 1.29 is 19.4 Å². The van der Waals surface area contributed by atoms with E-state index < -0.39 is 5.97 Å². The summed E-state index contributed by atoms with van der Waals surface area (Å²) in [6.07, 6.45) is -0.0379. The van der Waals surface area contributed by atoms with Crippen molar-refractivity contribution in [2.75, 3.05) is 37.7 Å². The minimum atomic E-state index is -0.882. The van der Waals surface area contributed by atoms with Crippen LogP contribution in [0, 0.1) is 0 Å². The lowest BCUT2D eigenvalue weighted by molar-refractivity contribution is -0.137. The standard InChI is InChI=1S/C20H21BrN2O4/c21-16-7-5-15(6-8-16)20(26)23-12-10-22(11-13-23)17-3-1-2-4-18(17)27-14-9-19(24)25/h1-8H,9-14H2,(H,24,25). The van der Waals surface area contributed by atoms with E-state index in [1.165, 1.54) is 0 Å². The summed E-state index contributed by atoms with van der Waals surface area (Å²) in [6.45, 7) is 2.77. The number of nitrogens with zero attached hydrogens (tertiary/aromatic N) is 2. The fourth-order valence-electron chi connectivity index (χ4n) is 3.01. The summed E-state index contributed by atoms with van der Waals surface area (Å²) < 4.78 is 6.60. The second-order valence-corrected chi connectivity index (χ2v) is 7.16. The molecule has 142 valence electrons. The minimum absolute atomic E-state index is 0.0353. The summed E-state index contributed by atoms with van der Waals surface area (Å²) in [5, 5.41) is 8.77. The molecule has 0 radical (unpaired) electrons. The van der Waals surface area contributed by atoms with Crippen molar-refractivity contribution in [1.82, 2.24) is 4.90 Å². The van der Waals surface area contributed by atoms with Crippen LogP contribution in [0.15, 0.2) is 53.0 Å². The molecule has 0 saturated carbocycles. The number of para-hydroxylation sites is 2. The predicted octanol–water partition coefficient (Wildman–Crippen LogP) is 3.27. The van der Waals surface area contributed by atoms with E-state index in [9.17, 15) is 9.59 Å². The van der Waals surface area contributed by atoms with Crippen molar-refractivity contribution in [3.8, 4) is 5.75 Å². The number of carbonyl (C=O) groups is 2. The van der Waals surface area contributed by atoms with Gasteiger partial charge in [-0.05, 0) is 36.4 Å².